The van der Waals surface area contributed by atoms with Crippen molar-refractivity contribution >= 4 is 11.9 Å². The molecule has 138 valence electrons. The molecule has 2 aromatic rings. The van der Waals surface area contributed by atoms with Crippen molar-refractivity contribution in [3.05, 3.63) is 54.1 Å². The van der Waals surface area contributed by atoms with Gasteiger partial charge in [-0.25, -0.2) is 0 Å². The Balaban J connectivity index is 1.78. The van der Waals surface area contributed by atoms with Gasteiger partial charge in [-0.2, -0.15) is 0 Å². The molecule has 1 amide bonds. The first-order chi connectivity index (χ1) is 12.6. The second kappa shape index (κ2) is 10.1. The van der Waals surface area contributed by atoms with E-state index < -0.39 is 5.97 Å². The molecule has 0 radical (unpaired) electrons. The molecule has 0 unspecified atom stereocenters. The van der Waals surface area contributed by atoms with E-state index in [0.29, 0.717) is 43.1 Å². The van der Waals surface area contributed by atoms with Crippen LogP contribution in [0.4, 0.5) is 0 Å². The summed E-state index contributed by atoms with van der Waals surface area (Å²) in [6.07, 6.45) is 1.52. The summed E-state index contributed by atoms with van der Waals surface area (Å²) in [6.45, 7) is 0.423. The average molecular weight is 357 g/mol. The van der Waals surface area contributed by atoms with Crippen LogP contribution in [0, 0.1) is 0 Å². The van der Waals surface area contributed by atoms with Gasteiger partial charge in [-0.3, -0.25) is 9.59 Å². The molecule has 0 fully saturated rings. The number of nitrogens with one attached hydrogen (secondary N) is 1. The van der Waals surface area contributed by atoms with Gasteiger partial charge in [-0.05, 0) is 42.7 Å². The van der Waals surface area contributed by atoms with Crippen LogP contribution in [-0.4, -0.2) is 24.1 Å². The molecule has 2 N–H and O–H groups in total. The van der Waals surface area contributed by atoms with E-state index >= 15 is 0 Å². The first-order valence-electron chi connectivity index (χ1n) is 8.47. The van der Waals surface area contributed by atoms with Gasteiger partial charge in [-0.15, -0.1) is 0 Å². The highest BCUT2D eigenvalue weighted by atomic mass is 16.5. The second-order valence-electron chi connectivity index (χ2n) is 5.77. The molecule has 0 atom stereocenters. The van der Waals surface area contributed by atoms with Crippen molar-refractivity contribution in [3.63, 3.8) is 0 Å². The van der Waals surface area contributed by atoms with Crippen LogP contribution < -0.4 is 14.8 Å². The molecule has 0 aliphatic heterocycles. The summed E-state index contributed by atoms with van der Waals surface area (Å²) in [5.41, 5.74) is 0.955. The van der Waals surface area contributed by atoms with Crippen LogP contribution in [0.2, 0.25) is 0 Å². The Morgan fingerprint density at radius 3 is 2.27 bits per heavy atom. The number of para-hydroxylation sites is 2. The fourth-order valence-corrected chi connectivity index (χ4v) is 2.36. The van der Waals surface area contributed by atoms with E-state index in [0.717, 1.165) is 5.56 Å². The van der Waals surface area contributed by atoms with Crippen LogP contribution in [0.15, 0.2) is 48.5 Å². The zero-order valence-electron chi connectivity index (χ0n) is 14.7. The van der Waals surface area contributed by atoms with Crippen molar-refractivity contribution in [2.75, 3.05) is 7.11 Å². The largest absolute Gasteiger partial charge is 0.493 e. The van der Waals surface area contributed by atoms with Gasteiger partial charge in [0.05, 0.1) is 7.11 Å². The van der Waals surface area contributed by atoms with Crippen molar-refractivity contribution in [2.24, 2.45) is 0 Å². The topological polar surface area (TPSA) is 84.9 Å². The SMILES string of the molecule is COc1ccccc1Oc1ccc(CNC(=O)CCCCC(=O)O)cc1. The molecular formula is C20H23NO5. The monoisotopic (exact) mass is 357 g/mol. The summed E-state index contributed by atoms with van der Waals surface area (Å²) in [4.78, 5) is 22.2. The van der Waals surface area contributed by atoms with Gasteiger partial charge < -0.3 is 19.9 Å². The summed E-state index contributed by atoms with van der Waals surface area (Å²) in [5, 5.41) is 11.4. The van der Waals surface area contributed by atoms with E-state index in [1.165, 1.54) is 0 Å². The maximum absolute atomic E-state index is 11.7. The number of rotatable bonds is 10. The molecule has 0 saturated carbocycles. The van der Waals surface area contributed by atoms with Crippen LogP contribution in [0.5, 0.6) is 17.2 Å². The lowest BCUT2D eigenvalue weighted by atomic mass is 10.2. The highest BCUT2D eigenvalue weighted by Gasteiger charge is 2.06. The summed E-state index contributed by atoms with van der Waals surface area (Å²) in [6, 6.07) is 14.8. The van der Waals surface area contributed by atoms with E-state index in [1.807, 2.05) is 48.5 Å². The second-order valence-corrected chi connectivity index (χ2v) is 5.77. The van der Waals surface area contributed by atoms with Gasteiger partial charge in [0.1, 0.15) is 5.75 Å². The standard InChI is InChI=1S/C20H23NO5/c1-25-17-6-2-3-7-18(17)26-16-12-10-15(11-13-16)14-21-19(22)8-4-5-9-20(23)24/h2-3,6-7,10-13H,4-5,8-9,14H2,1H3,(H,21,22)(H,23,24). The fraction of sp³-hybridized carbons (Fsp3) is 0.300. The third-order valence-electron chi connectivity index (χ3n) is 3.75. The number of carboxylic acid groups (broad SMARTS) is 1. The number of methoxy groups -OCH3 is 1. The van der Waals surface area contributed by atoms with Gasteiger partial charge in [-0.1, -0.05) is 24.3 Å². The Kier molecular flexibility index (Phi) is 7.49. The minimum Gasteiger partial charge on any atom is -0.493 e. The van der Waals surface area contributed by atoms with Crippen molar-refractivity contribution in [1.29, 1.82) is 0 Å². The molecular weight excluding hydrogens is 334 g/mol. The molecule has 0 saturated heterocycles. The zero-order valence-corrected chi connectivity index (χ0v) is 14.7. The highest BCUT2D eigenvalue weighted by molar-refractivity contribution is 5.75. The first-order valence-corrected chi connectivity index (χ1v) is 8.47. The number of unbranched alkanes of at least 4 members (excludes halogenated alkanes) is 1. The molecule has 6 nitrogen and oxygen atoms in total. The number of aliphatic carboxylic acids is 1. The summed E-state index contributed by atoms with van der Waals surface area (Å²) in [7, 11) is 1.59. The molecule has 0 bridgehead atoms. The quantitative estimate of drug-likeness (QED) is 0.633. The van der Waals surface area contributed by atoms with Crippen LogP contribution in [0.1, 0.15) is 31.2 Å². The maximum Gasteiger partial charge on any atom is 0.303 e. The molecule has 6 heteroatoms. The van der Waals surface area contributed by atoms with Gasteiger partial charge in [0.2, 0.25) is 5.91 Å². The fourth-order valence-electron chi connectivity index (χ4n) is 2.36. The summed E-state index contributed by atoms with van der Waals surface area (Å²) < 4.78 is 11.1. The lowest BCUT2D eigenvalue weighted by Gasteiger charge is -2.10. The molecule has 0 aromatic heterocycles. The third-order valence-corrected chi connectivity index (χ3v) is 3.75. The number of hydrogen-bond donors (Lipinski definition) is 2. The first kappa shape index (κ1) is 19.3. The lowest BCUT2D eigenvalue weighted by molar-refractivity contribution is -0.137. The number of carboxylic acids is 1. The molecule has 26 heavy (non-hydrogen) atoms. The van der Waals surface area contributed by atoms with Crippen molar-refractivity contribution < 1.29 is 24.2 Å². The maximum atomic E-state index is 11.7. The Morgan fingerprint density at radius 2 is 1.62 bits per heavy atom. The van der Waals surface area contributed by atoms with Crippen LogP contribution >= 0.6 is 0 Å². The Morgan fingerprint density at radius 1 is 0.962 bits per heavy atom. The van der Waals surface area contributed by atoms with E-state index in [4.69, 9.17) is 14.6 Å². The predicted octanol–water partition coefficient (Wildman–Crippen LogP) is 3.75. The van der Waals surface area contributed by atoms with Crippen molar-refractivity contribution in [1.82, 2.24) is 5.32 Å². The Hall–Kier alpha value is -3.02. The van der Waals surface area contributed by atoms with Gasteiger partial charge >= 0.3 is 5.97 Å². The number of ether oxygens (including phenoxy) is 2. The van der Waals surface area contributed by atoms with Gasteiger partial charge in [0.15, 0.2) is 11.5 Å². The van der Waals surface area contributed by atoms with E-state index in [-0.39, 0.29) is 12.3 Å². The summed E-state index contributed by atoms with van der Waals surface area (Å²) >= 11 is 0. The minimum absolute atomic E-state index is 0.0789. The lowest BCUT2D eigenvalue weighted by Crippen LogP contribution is -2.22. The van der Waals surface area contributed by atoms with E-state index in [9.17, 15) is 9.59 Å². The molecule has 0 heterocycles. The molecule has 0 aliphatic carbocycles. The summed E-state index contributed by atoms with van der Waals surface area (Å²) in [5.74, 6) is 1.06. The molecule has 2 rings (SSSR count). The third kappa shape index (κ3) is 6.47. The van der Waals surface area contributed by atoms with Gasteiger partial charge in [0, 0.05) is 19.4 Å². The molecule has 0 spiro atoms. The molecule has 0 aliphatic rings. The normalized spacial score (nSPS) is 10.2. The Labute approximate surface area is 152 Å². The smallest absolute Gasteiger partial charge is 0.303 e. The van der Waals surface area contributed by atoms with Crippen molar-refractivity contribution in [3.8, 4) is 17.2 Å². The number of benzene rings is 2. The minimum atomic E-state index is -0.833. The highest BCUT2D eigenvalue weighted by Crippen LogP contribution is 2.30. The van der Waals surface area contributed by atoms with E-state index in [1.54, 1.807) is 7.11 Å². The predicted molar refractivity (Wildman–Crippen MR) is 97.5 cm³/mol. The van der Waals surface area contributed by atoms with Gasteiger partial charge in [0.25, 0.3) is 0 Å². The van der Waals surface area contributed by atoms with Crippen LogP contribution in [0.25, 0.3) is 0 Å². The zero-order chi connectivity index (χ0) is 18.8. The van der Waals surface area contributed by atoms with Crippen LogP contribution in [-0.2, 0) is 16.1 Å². The Bertz CT molecular complexity index is 727. The number of amides is 1. The number of hydrogen-bond acceptors (Lipinski definition) is 4. The molecule has 2 aromatic carbocycles. The van der Waals surface area contributed by atoms with Crippen LogP contribution in [0.3, 0.4) is 0 Å². The average Bonchev–Trinajstić information content (AvgIpc) is 2.65. The van der Waals surface area contributed by atoms with Crippen molar-refractivity contribution in [2.45, 2.75) is 32.2 Å². The number of carbonyl (C=O) groups excluding carboxylic acids is 1. The van der Waals surface area contributed by atoms with E-state index in [2.05, 4.69) is 5.32 Å². The number of carbonyl (C=O) groups is 2.